The number of aromatic nitrogens is 4. The number of carbonyl (C=O) groups is 1. The Morgan fingerprint density at radius 1 is 1.25 bits per heavy atom. The smallest absolute Gasteiger partial charge is 0.230 e. The lowest BCUT2D eigenvalue weighted by Crippen LogP contribution is -2.37. The van der Waals surface area contributed by atoms with Crippen molar-refractivity contribution in [2.75, 3.05) is 11.5 Å². The summed E-state index contributed by atoms with van der Waals surface area (Å²) in [6.45, 7) is 0.447. The van der Waals surface area contributed by atoms with Gasteiger partial charge < -0.3 is 15.5 Å². The first-order chi connectivity index (χ1) is 15.7. The number of nitrogen functional groups attached to an aromatic ring is 1. The minimum absolute atomic E-state index is 0.0292. The van der Waals surface area contributed by atoms with Crippen LogP contribution in [-0.2, 0) is 11.3 Å². The summed E-state index contributed by atoms with van der Waals surface area (Å²) < 4.78 is 7.52. The SMILES string of the molecule is Nc1c(-c2nnc(SCC(=O)NC3CCCCC3)n2Cc2ccco2)sc2ncccc12. The summed E-state index contributed by atoms with van der Waals surface area (Å²) in [4.78, 5) is 18.6. The van der Waals surface area contributed by atoms with Gasteiger partial charge in [-0.15, -0.1) is 21.5 Å². The number of fused-ring (bicyclic) bond motifs is 1. The number of pyridine rings is 1. The molecule has 166 valence electrons. The van der Waals surface area contributed by atoms with Crippen molar-refractivity contribution in [1.29, 1.82) is 0 Å². The van der Waals surface area contributed by atoms with E-state index in [0.717, 1.165) is 33.7 Å². The van der Waals surface area contributed by atoms with Crippen LogP contribution in [0.25, 0.3) is 20.9 Å². The number of rotatable bonds is 7. The minimum Gasteiger partial charge on any atom is -0.467 e. The first kappa shape index (κ1) is 21.0. The number of thiophene rings is 1. The maximum Gasteiger partial charge on any atom is 0.230 e. The highest BCUT2D eigenvalue weighted by atomic mass is 32.2. The lowest BCUT2D eigenvalue weighted by atomic mass is 9.95. The molecular weight excluding hydrogens is 444 g/mol. The van der Waals surface area contributed by atoms with Crippen molar-refractivity contribution in [3.05, 3.63) is 42.5 Å². The van der Waals surface area contributed by atoms with Crippen LogP contribution in [0, 0.1) is 0 Å². The molecule has 1 aliphatic rings. The number of amides is 1. The number of anilines is 1. The zero-order chi connectivity index (χ0) is 21.9. The van der Waals surface area contributed by atoms with Crippen molar-refractivity contribution in [3.63, 3.8) is 0 Å². The molecule has 0 spiro atoms. The first-order valence-corrected chi connectivity index (χ1v) is 12.5. The number of hydrogen-bond acceptors (Lipinski definition) is 8. The molecule has 0 atom stereocenters. The van der Waals surface area contributed by atoms with Gasteiger partial charge in [-0.05, 0) is 37.1 Å². The summed E-state index contributed by atoms with van der Waals surface area (Å²) in [6, 6.07) is 7.87. The van der Waals surface area contributed by atoms with Crippen molar-refractivity contribution in [1.82, 2.24) is 25.1 Å². The Kier molecular flexibility index (Phi) is 6.13. The van der Waals surface area contributed by atoms with Crippen LogP contribution in [0.4, 0.5) is 5.69 Å². The van der Waals surface area contributed by atoms with Gasteiger partial charge in [0.25, 0.3) is 0 Å². The predicted octanol–water partition coefficient (Wildman–Crippen LogP) is 4.32. The normalized spacial score (nSPS) is 14.8. The Labute approximate surface area is 193 Å². The molecule has 0 unspecified atom stereocenters. The third-order valence-corrected chi connectivity index (χ3v) is 7.71. The second kappa shape index (κ2) is 9.33. The highest BCUT2D eigenvalue weighted by molar-refractivity contribution is 7.99. The summed E-state index contributed by atoms with van der Waals surface area (Å²) >= 11 is 2.86. The van der Waals surface area contributed by atoms with Gasteiger partial charge in [0, 0.05) is 17.6 Å². The van der Waals surface area contributed by atoms with E-state index < -0.39 is 0 Å². The lowest BCUT2D eigenvalue weighted by Gasteiger charge is -2.22. The van der Waals surface area contributed by atoms with Crippen molar-refractivity contribution in [2.45, 2.75) is 49.8 Å². The second-order valence-corrected chi connectivity index (χ2v) is 9.81. The van der Waals surface area contributed by atoms with Crippen molar-refractivity contribution in [3.8, 4) is 10.7 Å². The van der Waals surface area contributed by atoms with E-state index in [4.69, 9.17) is 10.2 Å². The van der Waals surface area contributed by atoms with Crippen molar-refractivity contribution in [2.24, 2.45) is 0 Å². The molecule has 32 heavy (non-hydrogen) atoms. The Morgan fingerprint density at radius 2 is 2.12 bits per heavy atom. The van der Waals surface area contributed by atoms with E-state index in [-0.39, 0.29) is 11.7 Å². The Bertz CT molecular complexity index is 1210. The van der Waals surface area contributed by atoms with Gasteiger partial charge in [0.1, 0.15) is 10.6 Å². The molecule has 0 aromatic carbocycles. The molecule has 0 saturated heterocycles. The van der Waals surface area contributed by atoms with Crippen LogP contribution in [-0.4, -0.2) is 37.5 Å². The van der Waals surface area contributed by atoms with Gasteiger partial charge in [0.05, 0.1) is 29.1 Å². The van der Waals surface area contributed by atoms with Crippen LogP contribution in [0.1, 0.15) is 37.9 Å². The molecule has 1 amide bonds. The van der Waals surface area contributed by atoms with E-state index in [9.17, 15) is 4.79 Å². The zero-order valence-corrected chi connectivity index (χ0v) is 19.1. The van der Waals surface area contributed by atoms with Crippen LogP contribution in [0.5, 0.6) is 0 Å². The van der Waals surface area contributed by atoms with Crippen molar-refractivity contribution >= 4 is 44.9 Å². The molecule has 10 heteroatoms. The van der Waals surface area contributed by atoms with Crippen LogP contribution in [0.15, 0.2) is 46.3 Å². The molecular formula is C22H24N6O2S2. The van der Waals surface area contributed by atoms with E-state index >= 15 is 0 Å². The number of nitrogens with two attached hydrogens (primary N) is 1. The standard InChI is InChI=1S/C22H24N6O2S2/c23-18-16-9-4-10-24-21(16)32-19(18)20-26-27-22(28(20)12-15-8-5-11-30-15)31-13-17(29)25-14-6-2-1-3-7-14/h4-5,8-11,14H,1-3,6-7,12-13,23H2,(H,25,29). The van der Waals surface area contributed by atoms with Crippen LogP contribution < -0.4 is 11.1 Å². The molecule has 8 nitrogen and oxygen atoms in total. The molecule has 3 N–H and O–H groups in total. The van der Waals surface area contributed by atoms with E-state index in [1.165, 1.54) is 42.4 Å². The highest BCUT2D eigenvalue weighted by Gasteiger charge is 2.22. The van der Waals surface area contributed by atoms with Gasteiger partial charge in [-0.25, -0.2) is 4.98 Å². The first-order valence-electron chi connectivity index (χ1n) is 10.7. The third-order valence-electron chi connectivity index (χ3n) is 5.62. The molecule has 4 heterocycles. The van der Waals surface area contributed by atoms with Crippen LogP contribution >= 0.6 is 23.1 Å². The Morgan fingerprint density at radius 3 is 2.91 bits per heavy atom. The Balaban J connectivity index is 1.40. The summed E-state index contributed by atoms with van der Waals surface area (Å²) in [5, 5.41) is 13.5. The average molecular weight is 469 g/mol. The van der Waals surface area contributed by atoms with E-state index in [2.05, 4.69) is 20.5 Å². The van der Waals surface area contributed by atoms with Crippen LogP contribution in [0.2, 0.25) is 0 Å². The zero-order valence-electron chi connectivity index (χ0n) is 17.5. The van der Waals surface area contributed by atoms with Gasteiger partial charge in [0.2, 0.25) is 5.91 Å². The predicted molar refractivity (Wildman–Crippen MR) is 127 cm³/mol. The second-order valence-electron chi connectivity index (χ2n) is 7.86. The number of hydrogen-bond donors (Lipinski definition) is 2. The summed E-state index contributed by atoms with van der Waals surface area (Å²) in [5.74, 6) is 1.74. The maximum atomic E-state index is 12.5. The molecule has 1 fully saturated rings. The van der Waals surface area contributed by atoms with E-state index in [1.807, 2.05) is 28.8 Å². The fraction of sp³-hybridized carbons (Fsp3) is 0.364. The Hall–Kier alpha value is -2.85. The van der Waals surface area contributed by atoms with E-state index in [0.29, 0.717) is 29.3 Å². The molecule has 4 aromatic heterocycles. The molecule has 0 aliphatic heterocycles. The highest BCUT2D eigenvalue weighted by Crippen LogP contribution is 2.40. The number of furan rings is 1. The largest absolute Gasteiger partial charge is 0.467 e. The van der Waals surface area contributed by atoms with Crippen LogP contribution in [0.3, 0.4) is 0 Å². The fourth-order valence-corrected chi connectivity index (χ4v) is 5.83. The molecule has 5 rings (SSSR count). The molecule has 4 aromatic rings. The molecule has 0 radical (unpaired) electrons. The number of nitrogens with one attached hydrogen (secondary N) is 1. The average Bonchev–Trinajstić information content (AvgIpc) is 3.54. The van der Waals surface area contributed by atoms with Gasteiger partial charge in [-0.1, -0.05) is 31.0 Å². The van der Waals surface area contributed by atoms with Crippen molar-refractivity contribution < 1.29 is 9.21 Å². The molecule has 1 saturated carbocycles. The fourth-order valence-electron chi connectivity index (χ4n) is 4.03. The number of carbonyl (C=O) groups excluding carboxylic acids is 1. The molecule has 0 bridgehead atoms. The lowest BCUT2D eigenvalue weighted by molar-refractivity contribution is -0.119. The summed E-state index contributed by atoms with van der Waals surface area (Å²) in [7, 11) is 0. The van der Waals surface area contributed by atoms with Gasteiger partial charge in [-0.2, -0.15) is 0 Å². The topological polar surface area (TPSA) is 112 Å². The third kappa shape index (κ3) is 4.37. The van der Waals surface area contributed by atoms with Gasteiger partial charge in [0.15, 0.2) is 11.0 Å². The monoisotopic (exact) mass is 468 g/mol. The number of nitrogens with zero attached hydrogens (tertiary/aromatic N) is 4. The molecule has 1 aliphatic carbocycles. The number of thioether (sulfide) groups is 1. The van der Waals surface area contributed by atoms with E-state index in [1.54, 1.807) is 12.5 Å². The quantitative estimate of drug-likeness (QED) is 0.389. The summed E-state index contributed by atoms with van der Waals surface area (Å²) in [5.41, 5.74) is 7.08. The van der Waals surface area contributed by atoms with Gasteiger partial charge in [-0.3, -0.25) is 9.36 Å². The minimum atomic E-state index is 0.0292. The summed E-state index contributed by atoms with van der Waals surface area (Å²) in [6.07, 6.45) is 9.15. The van der Waals surface area contributed by atoms with Gasteiger partial charge >= 0.3 is 0 Å². The maximum absolute atomic E-state index is 12.5.